The second-order valence-corrected chi connectivity index (χ2v) is 12.3. The van der Waals surface area contributed by atoms with E-state index in [1.54, 1.807) is 6.92 Å². The van der Waals surface area contributed by atoms with Crippen LogP contribution >= 0.6 is 0 Å². The highest BCUT2D eigenvalue weighted by atomic mass is 16.6. The first kappa shape index (κ1) is 28.2. The standard InChI is InChI=1S/C29H38O10/c1-16-10-11-26(25(3,4)34)21(16)29(36)24(33)38-14-27(29)19(31)12-20(39-17(2)30)28(35,22(27)23(26)32)15-37-13-18-8-6-5-7-9-18/h5-9,19-20,22-23,31-32,34-36H,10-15H2,1-4H3/t19-,20-,22-,23-,26-,27+,28-,29+/m0/s1. The molecule has 0 aromatic heterocycles. The molecule has 1 aromatic rings. The van der Waals surface area contributed by atoms with Crippen molar-refractivity contribution in [2.45, 2.75) is 88.7 Å². The maximum Gasteiger partial charge on any atom is 0.343 e. The van der Waals surface area contributed by atoms with Gasteiger partial charge in [0.1, 0.15) is 18.3 Å². The number of aliphatic hydroxyl groups excluding tert-OH is 2. The summed E-state index contributed by atoms with van der Waals surface area (Å²) in [7, 11) is 0. The Kier molecular flexibility index (Phi) is 6.57. The minimum Gasteiger partial charge on any atom is -0.462 e. The third kappa shape index (κ3) is 3.55. The first-order valence-electron chi connectivity index (χ1n) is 13.4. The molecule has 1 aromatic carbocycles. The van der Waals surface area contributed by atoms with Gasteiger partial charge in [-0.2, -0.15) is 0 Å². The number of carbonyl (C=O) groups excluding carboxylic acids is 2. The van der Waals surface area contributed by atoms with E-state index in [-0.39, 0.29) is 25.0 Å². The van der Waals surface area contributed by atoms with Crippen molar-refractivity contribution < 1.29 is 49.3 Å². The Morgan fingerprint density at radius 2 is 1.85 bits per heavy atom. The SMILES string of the molecule is CC(=O)O[C@H]1C[C@H](O)[C@@]23COC(=O)[C@]2(O)C2=C(C)CC[C@@]2(C(C)(C)O)[C@@H](O)[C@@H]3[C@]1(O)COCc1ccccc1. The second kappa shape index (κ2) is 9.09. The van der Waals surface area contributed by atoms with Crippen molar-refractivity contribution in [2.75, 3.05) is 13.2 Å². The second-order valence-electron chi connectivity index (χ2n) is 12.3. The van der Waals surface area contributed by atoms with Gasteiger partial charge in [0.05, 0.1) is 36.4 Å². The zero-order valence-electron chi connectivity index (χ0n) is 22.7. The maximum absolute atomic E-state index is 13.5. The van der Waals surface area contributed by atoms with Crippen LogP contribution in [0, 0.1) is 16.7 Å². The molecule has 5 N–H and O–H groups in total. The van der Waals surface area contributed by atoms with Crippen LogP contribution in [0.5, 0.6) is 0 Å². The number of allylic oxidation sites excluding steroid dienone is 1. The molecule has 4 aliphatic rings. The molecular weight excluding hydrogens is 508 g/mol. The molecule has 5 rings (SSSR count). The molecule has 3 aliphatic carbocycles. The lowest BCUT2D eigenvalue weighted by Crippen LogP contribution is -2.82. The Bertz CT molecular complexity index is 1190. The summed E-state index contributed by atoms with van der Waals surface area (Å²) in [6, 6.07) is 9.17. The molecule has 10 heteroatoms. The zero-order chi connectivity index (χ0) is 28.6. The highest BCUT2D eigenvalue weighted by molar-refractivity contribution is 5.89. The van der Waals surface area contributed by atoms with E-state index in [1.807, 2.05) is 30.3 Å². The van der Waals surface area contributed by atoms with Gasteiger partial charge in [0.15, 0.2) is 5.60 Å². The molecule has 0 radical (unpaired) electrons. The summed E-state index contributed by atoms with van der Waals surface area (Å²) in [5.74, 6) is -3.23. The lowest BCUT2D eigenvalue weighted by Gasteiger charge is -2.67. The van der Waals surface area contributed by atoms with Crippen LogP contribution in [0.1, 0.15) is 52.5 Å². The molecule has 1 spiro atoms. The number of carbonyl (C=O) groups is 2. The van der Waals surface area contributed by atoms with Gasteiger partial charge in [-0.1, -0.05) is 35.9 Å². The summed E-state index contributed by atoms with van der Waals surface area (Å²) < 4.78 is 16.9. The number of rotatable bonds is 6. The fourth-order valence-electron chi connectivity index (χ4n) is 8.24. The Morgan fingerprint density at radius 1 is 1.18 bits per heavy atom. The minimum atomic E-state index is -2.45. The lowest BCUT2D eigenvalue weighted by atomic mass is 9.39. The molecule has 10 nitrogen and oxygen atoms in total. The van der Waals surface area contributed by atoms with E-state index in [9.17, 15) is 35.1 Å². The predicted molar refractivity (Wildman–Crippen MR) is 136 cm³/mol. The van der Waals surface area contributed by atoms with E-state index in [1.165, 1.54) is 13.8 Å². The van der Waals surface area contributed by atoms with Crippen LogP contribution in [0.3, 0.4) is 0 Å². The number of esters is 2. The van der Waals surface area contributed by atoms with Crippen molar-refractivity contribution in [3.8, 4) is 0 Å². The maximum atomic E-state index is 13.5. The van der Waals surface area contributed by atoms with Gasteiger partial charge < -0.3 is 39.7 Å². The normalized spacial score (nSPS) is 41.5. The summed E-state index contributed by atoms with van der Waals surface area (Å²) in [6.07, 6.45) is -4.25. The third-order valence-electron chi connectivity index (χ3n) is 9.89. The molecule has 0 amide bonds. The summed E-state index contributed by atoms with van der Waals surface area (Å²) in [6.45, 7) is 4.99. The molecule has 2 saturated carbocycles. The molecule has 0 bridgehead atoms. The number of fused-ring (bicyclic) bond motifs is 2. The number of ether oxygens (including phenoxy) is 3. The summed E-state index contributed by atoms with van der Waals surface area (Å²) in [5, 5.41) is 60.5. The van der Waals surface area contributed by atoms with Crippen molar-refractivity contribution in [1.82, 2.24) is 0 Å². The van der Waals surface area contributed by atoms with Gasteiger partial charge >= 0.3 is 11.9 Å². The first-order valence-corrected chi connectivity index (χ1v) is 13.4. The van der Waals surface area contributed by atoms with Gasteiger partial charge in [0.25, 0.3) is 0 Å². The molecular formula is C29H38O10. The van der Waals surface area contributed by atoms with Crippen LogP contribution in [-0.2, 0) is 30.4 Å². The van der Waals surface area contributed by atoms with E-state index in [0.717, 1.165) is 12.5 Å². The van der Waals surface area contributed by atoms with Crippen molar-refractivity contribution in [2.24, 2.45) is 16.7 Å². The first-order chi connectivity index (χ1) is 18.2. The van der Waals surface area contributed by atoms with Crippen molar-refractivity contribution in [1.29, 1.82) is 0 Å². The van der Waals surface area contributed by atoms with Crippen molar-refractivity contribution in [3.63, 3.8) is 0 Å². The minimum absolute atomic E-state index is 0.0783. The smallest absolute Gasteiger partial charge is 0.343 e. The van der Waals surface area contributed by atoms with Crippen LogP contribution in [0.4, 0.5) is 0 Å². The van der Waals surface area contributed by atoms with Gasteiger partial charge in [-0.05, 0) is 44.7 Å². The van der Waals surface area contributed by atoms with E-state index in [4.69, 9.17) is 14.2 Å². The Morgan fingerprint density at radius 3 is 2.46 bits per heavy atom. The molecule has 1 saturated heterocycles. The third-order valence-corrected chi connectivity index (χ3v) is 9.89. The number of hydrogen-bond acceptors (Lipinski definition) is 10. The molecule has 3 fully saturated rings. The fourth-order valence-corrected chi connectivity index (χ4v) is 8.24. The van der Waals surface area contributed by atoms with Gasteiger partial charge in [-0.15, -0.1) is 0 Å². The summed E-state index contributed by atoms with van der Waals surface area (Å²) in [5.41, 5.74) is -8.24. The van der Waals surface area contributed by atoms with Crippen molar-refractivity contribution in [3.05, 3.63) is 47.0 Å². The van der Waals surface area contributed by atoms with Crippen LogP contribution in [-0.4, -0.2) is 85.8 Å². The monoisotopic (exact) mass is 546 g/mol. The summed E-state index contributed by atoms with van der Waals surface area (Å²) >= 11 is 0. The van der Waals surface area contributed by atoms with E-state index in [2.05, 4.69) is 0 Å². The topological polar surface area (TPSA) is 163 Å². The number of benzene rings is 1. The molecule has 1 aliphatic heterocycles. The molecule has 1 heterocycles. The molecule has 39 heavy (non-hydrogen) atoms. The van der Waals surface area contributed by atoms with E-state index in [0.29, 0.717) is 12.0 Å². The number of aliphatic hydroxyl groups is 5. The highest BCUT2D eigenvalue weighted by Crippen LogP contribution is 2.72. The fraction of sp³-hybridized carbons (Fsp3) is 0.655. The highest BCUT2D eigenvalue weighted by Gasteiger charge is 2.85. The number of hydrogen-bond donors (Lipinski definition) is 5. The quantitative estimate of drug-likeness (QED) is 0.254. The van der Waals surface area contributed by atoms with Crippen molar-refractivity contribution >= 4 is 11.9 Å². The lowest BCUT2D eigenvalue weighted by molar-refractivity contribution is -0.320. The van der Waals surface area contributed by atoms with Crippen LogP contribution in [0.2, 0.25) is 0 Å². The Balaban J connectivity index is 1.71. The Hall–Kier alpha value is -2.34. The van der Waals surface area contributed by atoms with Crippen LogP contribution < -0.4 is 0 Å². The van der Waals surface area contributed by atoms with Gasteiger partial charge in [-0.25, -0.2) is 4.79 Å². The van der Waals surface area contributed by atoms with E-state index < -0.39 is 77.0 Å². The van der Waals surface area contributed by atoms with Gasteiger partial charge in [-0.3, -0.25) is 4.79 Å². The average molecular weight is 547 g/mol. The van der Waals surface area contributed by atoms with Crippen LogP contribution in [0.25, 0.3) is 0 Å². The van der Waals surface area contributed by atoms with E-state index >= 15 is 0 Å². The summed E-state index contributed by atoms with van der Waals surface area (Å²) in [4.78, 5) is 25.6. The molecule has 214 valence electrons. The largest absolute Gasteiger partial charge is 0.462 e. The molecule has 0 unspecified atom stereocenters. The van der Waals surface area contributed by atoms with Crippen LogP contribution in [0.15, 0.2) is 41.5 Å². The predicted octanol–water partition coefficient (Wildman–Crippen LogP) is 0.763. The van der Waals surface area contributed by atoms with Gasteiger partial charge in [0.2, 0.25) is 0 Å². The average Bonchev–Trinajstić information content (AvgIpc) is 3.35. The molecule has 8 atom stereocenters. The zero-order valence-corrected chi connectivity index (χ0v) is 22.7. The Labute approximate surface area is 227 Å². The van der Waals surface area contributed by atoms with Gasteiger partial charge in [0, 0.05) is 24.7 Å². The number of cyclic esters (lactones) is 1.